The molecule has 1 amide bonds. The largest absolute Gasteiger partial charge is 0.493 e. The van der Waals surface area contributed by atoms with Gasteiger partial charge in [-0.1, -0.05) is 25.4 Å². The maximum atomic E-state index is 12.7. The van der Waals surface area contributed by atoms with Crippen LogP contribution in [-0.4, -0.2) is 50.7 Å². The number of carbonyl (C=O) groups is 1. The first kappa shape index (κ1) is 17.9. The summed E-state index contributed by atoms with van der Waals surface area (Å²) in [7, 11) is 1.55. The number of hydrogen-bond donors (Lipinski definition) is 1. The molecule has 1 aliphatic rings. The first-order valence-electron chi connectivity index (χ1n) is 8.03. The maximum Gasteiger partial charge on any atom is 0.254 e. The predicted octanol–water partition coefficient (Wildman–Crippen LogP) is 2.82. The molecule has 0 aromatic heterocycles. The molecule has 1 saturated heterocycles. The highest BCUT2D eigenvalue weighted by Gasteiger charge is 2.21. The first-order valence-corrected chi connectivity index (χ1v) is 8.41. The molecule has 1 N–H and O–H groups in total. The smallest absolute Gasteiger partial charge is 0.254 e. The van der Waals surface area contributed by atoms with E-state index >= 15 is 0 Å². The van der Waals surface area contributed by atoms with Crippen LogP contribution >= 0.6 is 11.6 Å². The summed E-state index contributed by atoms with van der Waals surface area (Å²) >= 11 is 6.32. The molecule has 128 valence electrons. The van der Waals surface area contributed by atoms with Gasteiger partial charge in [0.15, 0.2) is 11.5 Å². The van der Waals surface area contributed by atoms with Gasteiger partial charge in [-0.3, -0.25) is 4.79 Å². The van der Waals surface area contributed by atoms with Crippen LogP contribution in [0.15, 0.2) is 12.1 Å². The summed E-state index contributed by atoms with van der Waals surface area (Å²) in [6, 6.07) is 3.38. The zero-order valence-corrected chi connectivity index (χ0v) is 14.8. The molecule has 0 bridgehead atoms. The van der Waals surface area contributed by atoms with Crippen LogP contribution in [-0.2, 0) is 0 Å². The molecule has 0 unspecified atom stereocenters. The van der Waals surface area contributed by atoms with Gasteiger partial charge in [-0.25, -0.2) is 0 Å². The highest BCUT2D eigenvalue weighted by Crippen LogP contribution is 2.37. The van der Waals surface area contributed by atoms with Crippen molar-refractivity contribution in [2.45, 2.75) is 20.3 Å². The van der Waals surface area contributed by atoms with E-state index in [1.807, 2.05) is 4.90 Å². The highest BCUT2D eigenvalue weighted by molar-refractivity contribution is 6.32. The van der Waals surface area contributed by atoms with Crippen molar-refractivity contribution >= 4 is 17.5 Å². The van der Waals surface area contributed by atoms with Crippen LogP contribution in [0.3, 0.4) is 0 Å². The third kappa shape index (κ3) is 4.75. The Morgan fingerprint density at radius 3 is 2.83 bits per heavy atom. The zero-order chi connectivity index (χ0) is 16.8. The van der Waals surface area contributed by atoms with E-state index in [-0.39, 0.29) is 5.91 Å². The first-order chi connectivity index (χ1) is 11.0. The summed E-state index contributed by atoms with van der Waals surface area (Å²) < 4.78 is 11.1. The molecule has 0 radical (unpaired) electrons. The maximum absolute atomic E-state index is 12.7. The minimum absolute atomic E-state index is 0.0238. The molecule has 0 spiro atoms. The van der Waals surface area contributed by atoms with Crippen LogP contribution in [0.5, 0.6) is 11.5 Å². The molecule has 5 nitrogen and oxygen atoms in total. The number of nitrogens with one attached hydrogen (secondary N) is 1. The summed E-state index contributed by atoms with van der Waals surface area (Å²) in [5, 5.41) is 3.69. The van der Waals surface area contributed by atoms with Crippen LogP contribution in [0.1, 0.15) is 30.6 Å². The Labute approximate surface area is 142 Å². The lowest BCUT2D eigenvalue weighted by Gasteiger charge is -2.21. The molecule has 1 aliphatic heterocycles. The Bertz CT molecular complexity index is 541. The number of hydrogen-bond acceptors (Lipinski definition) is 4. The van der Waals surface area contributed by atoms with E-state index in [1.54, 1.807) is 19.2 Å². The molecule has 0 aliphatic carbocycles. The fourth-order valence-corrected chi connectivity index (χ4v) is 2.73. The van der Waals surface area contributed by atoms with Gasteiger partial charge in [0.1, 0.15) is 0 Å². The molecule has 1 aromatic carbocycles. The average molecular weight is 341 g/mol. The summed E-state index contributed by atoms with van der Waals surface area (Å²) in [5.74, 6) is 1.34. The van der Waals surface area contributed by atoms with E-state index in [4.69, 9.17) is 21.1 Å². The SMILES string of the molecule is COc1cc(C(=O)N2CCCNCC2)cc(Cl)c1OCC(C)C. The summed E-state index contributed by atoms with van der Waals surface area (Å²) in [5.41, 5.74) is 0.533. The Balaban J connectivity index is 2.22. The molecule has 0 atom stereocenters. The molecule has 6 heteroatoms. The van der Waals surface area contributed by atoms with Crippen molar-refractivity contribution in [1.29, 1.82) is 0 Å². The second-order valence-electron chi connectivity index (χ2n) is 6.09. The van der Waals surface area contributed by atoms with Crippen LogP contribution in [0.4, 0.5) is 0 Å². The zero-order valence-electron chi connectivity index (χ0n) is 14.0. The van der Waals surface area contributed by atoms with Crippen LogP contribution in [0.25, 0.3) is 0 Å². The Kier molecular flexibility index (Phi) is 6.54. The quantitative estimate of drug-likeness (QED) is 0.895. The predicted molar refractivity (Wildman–Crippen MR) is 91.7 cm³/mol. The molecular formula is C17H25ClN2O3. The van der Waals surface area contributed by atoms with Crippen molar-refractivity contribution in [1.82, 2.24) is 10.2 Å². The number of methoxy groups -OCH3 is 1. The minimum atomic E-state index is -0.0238. The standard InChI is InChI=1S/C17H25ClN2O3/c1-12(2)11-23-16-14(18)9-13(10-15(16)22-3)17(21)20-7-4-5-19-6-8-20/h9-10,12,19H,4-8,11H2,1-3H3. The van der Waals surface area contributed by atoms with Gasteiger partial charge in [0.25, 0.3) is 5.91 Å². The number of ether oxygens (including phenoxy) is 2. The van der Waals surface area contributed by atoms with Gasteiger partial charge in [-0.15, -0.1) is 0 Å². The van der Waals surface area contributed by atoms with Crippen molar-refractivity contribution < 1.29 is 14.3 Å². The second-order valence-corrected chi connectivity index (χ2v) is 6.50. The summed E-state index contributed by atoms with van der Waals surface area (Å²) in [4.78, 5) is 14.5. The van der Waals surface area contributed by atoms with Crippen LogP contribution in [0.2, 0.25) is 5.02 Å². The number of carbonyl (C=O) groups excluding carboxylic acids is 1. The Hall–Kier alpha value is -1.46. The topological polar surface area (TPSA) is 50.8 Å². The fraction of sp³-hybridized carbons (Fsp3) is 0.588. The van der Waals surface area contributed by atoms with Crippen molar-refractivity contribution in [2.24, 2.45) is 5.92 Å². The lowest BCUT2D eigenvalue weighted by atomic mass is 10.1. The normalized spacial score (nSPS) is 15.4. The third-order valence-electron chi connectivity index (χ3n) is 3.66. The number of nitrogens with zero attached hydrogens (tertiary/aromatic N) is 1. The molecule has 1 heterocycles. The van der Waals surface area contributed by atoms with Gasteiger partial charge < -0.3 is 19.7 Å². The van der Waals surface area contributed by atoms with E-state index in [9.17, 15) is 4.79 Å². The monoisotopic (exact) mass is 340 g/mol. The van der Waals surface area contributed by atoms with Gasteiger partial charge in [-0.05, 0) is 31.0 Å². The number of amides is 1. The highest BCUT2D eigenvalue weighted by atomic mass is 35.5. The Morgan fingerprint density at radius 1 is 1.35 bits per heavy atom. The summed E-state index contributed by atoms with van der Waals surface area (Å²) in [6.45, 7) is 7.86. The van der Waals surface area contributed by atoms with E-state index in [0.717, 1.165) is 26.1 Å². The Morgan fingerprint density at radius 2 is 2.13 bits per heavy atom. The average Bonchev–Trinajstić information content (AvgIpc) is 2.81. The second kappa shape index (κ2) is 8.41. The fourth-order valence-electron chi connectivity index (χ4n) is 2.46. The molecule has 0 saturated carbocycles. The van der Waals surface area contributed by atoms with E-state index in [2.05, 4.69) is 19.2 Å². The minimum Gasteiger partial charge on any atom is -0.493 e. The summed E-state index contributed by atoms with van der Waals surface area (Å²) in [6.07, 6.45) is 0.951. The molecule has 2 rings (SSSR count). The van der Waals surface area contributed by atoms with Crippen molar-refractivity contribution in [3.8, 4) is 11.5 Å². The van der Waals surface area contributed by atoms with Gasteiger partial charge in [0.2, 0.25) is 0 Å². The van der Waals surface area contributed by atoms with Crippen molar-refractivity contribution in [3.63, 3.8) is 0 Å². The third-order valence-corrected chi connectivity index (χ3v) is 3.95. The van der Waals surface area contributed by atoms with E-state index in [1.165, 1.54) is 0 Å². The number of halogens is 1. The van der Waals surface area contributed by atoms with E-state index < -0.39 is 0 Å². The lowest BCUT2D eigenvalue weighted by molar-refractivity contribution is 0.0766. The molecular weight excluding hydrogens is 316 g/mol. The van der Waals surface area contributed by atoms with Crippen LogP contribution in [0, 0.1) is 5.92 Å². The van der Waals surface area contributed by atoms with Gasteiger partial charge >= 0.3 is 0 Å². The lowest BCUT2D eigenvalue weighted by Crippen LogP contribution is -2.34. The van der Waals surface area contributed by atoms with Crippen molar-refractivity contribution in [2.75, 3.05) is 39.9 Å². The number of rotatable bonds is 5. The van der Waals surface area contributed by atoms with Gasteiger partial charge in [0, 0.05) is 25.2 Å². The van der Waals surface area contributed by atoms with Gasteiger partial charge in [-0.2, -0.15) is 0 Å². The number of benzene rings is 1. The molecule has 1 aromatic rings. The molecule has 1 fully saturated rings. The van der Waals surface area contributed by atoms with E-state index in [0.29, 0.717) is 41.2 Å². The van der Waals surface area contributed by atoms with Crippen LogP contribution < -0.4 is 14.8 Å². The van der Waals surface area contributed by atoms with Gasteiger partial charge in [0.05, 0.1) is 18.7 Å². The van der Waals surface area contributed by atoms with Crippen molar-refractivity contribution in [3.05, 3.63) is 22.7 Å². The molecule has 23 heavy (non-hydrogen) atoms.